The van der Waals surface area contributed by atoms with E-state index < -0.39 is 6.09 Å². The molecular weight excluding hydrogens is 262 g/mol. The number of nitrogens with zero attached hydrogens (tertiary/aromatic N) is 1. The van der Waals surface area contributed by atoms with Gasteiger partial charge in [-0.15, -0.1) is 0 Å². The van der Waals surface area contributed by atoms with E-state index in [-0.39, 0.29) is 0 Å². The van der Waals surface area contributed by atoms with Crippen molar-refractivity contribution < 1.29 is 24.2 Å². The average Bonchev–Trinajstić information content (AvgIpc) is 2.95. The predicted molar refractivity (Wildman–Crippen MR) is 71.8 cm³/mol. The van der Waals surface area contributed by atoms with Crippen LogP contribution >= 0.6 is 0 Å². The number of hydrogen-bond acceptors (Lipinski definition) is 4. The van der Waals surface area contributed by atoms with E-state index >= 15 is 0 Å². The Morgan fingerprint density at radius 2 is 1.95 bits per heavy atom. The van der Waals surface area contributed by atoms with Gasteiger partial charge >= 0.3 is 6.09 Å². The molecule has 1 aromatic heterocycles. The third-order valence-electron chi connectivity index (χ3n) is 2.91. The van der Waals surface area contributed by atoms with Gasteiger partial charge in [-0.25, -0.2) is 4.79 Å². The van der Waals surface area contributed by atoms with Crippen LogP contribution in [0.3, 0.4) is 0 Å². The van der Waals surface area contributed by atoms with Gasteiger partial charge in [0, 0.05) is 17.8 Å². The Kier molecular flexibility index (Phi) is 3.74. The van der Waals surface area contributed by atoms with Crippen LogP contribution in [0.15, 0.2) is 30.5 Å². The summed E-state index contributed by atoms with van der Waals surface area (Å²) in [5, 5.41) is 9.13. The van der Waals surface area contributed by atoms with E-state index in [9.17, 15) is 9.59 Å². The lowest BCUT2D eigenvalue weighted by molar-refractivity contribution is 0.112. The van der Waals surface area contributed by atoms with Gasteiger partial charge in [0.25, 0.3) is 0 Å². The number of carboxylic acid groups (broad SMARTS) is 1. The summed E-state index contributed by atoms with van der Waals surface area (Å²) in [7, 11) is 2.91. The summed E-state index contributed by atoms with van der Waals surface area (Å²) in [6.45, 7) is 0. The highest BCUT2D eigenvalue weighted by molar-refractivity contribution is 5.87. The van der Waals surface area contributed by atoms with Crippen LogP contribution in [0.1, 0.15) is 10.4 Å². The number of aldehydes is 1. The highest BCUT2D eigenvalue weighted by Crippen LogP contribution is 2.35. The van der Waals surface area contributed by atoms with E-state index in [1.165, 1.54) is 20.4 Å². The molecule has 104 valence electrons. The van der Waals surface area contributed by atoms with Crippen molar-refractivity contribution in [1.82, 2.24) is 4.57 Å². The van der Waals surface area contributed by atoms with Gasteiger partial charge in [-0.3, -0.25) is 9.36 Å². The van der Waals surface area contributed by atoms with E-state index in [0.717, 1.165) is 4.57 Å². The number of rotatable bonds is 4. The second-order valence-corrected chi connectivity index (χ2v) is 3.96. The quantitative estimate of drug-likeness (QED) is 0.867. The Bertz CT molecular complexity index is 660. The summed E-state index contributed by atoms with van der Waals surface area (Å²) in [5.74, 6) is 0.794. The maximum atomic E-state index is 11.2. The molecule has 1 N–H and O–H groups in total. The van der Waals surface area contributed by atoms with Gasteiger partial charge in [-0.1, -0.05) is 0 Å². The molecule has 0 aliphatic rings. The lowest BCUT2D eigenvalue weighted by Crippen LogP contribution is -2.08. The third kappa shape index (κ3) is 2.23. The van der Waals surface area contributed by atoms with Crippen molar-refractivity contribution in [3.05, 3.63) is 36.0 Å². The molecule has 0 saturated carbocycles. The number of methoxy groups -OCH3 is 2. The molecule has 6 heteroatoms. The van der Waals surface area contributed by atoms with Crippen LogP contribution in [0.2, 0.25) is 0 Å². The first-order chi connectivity index (χ1) is 9.62. The Morgan fingerprint density at radius 1 is 1.25 bits per heavy atom. The van der Waals surface area contributed by atoms with Crippen LogP contribution in [-0.4, -0.2) is 36.3 Å². The van der Waals surface area contributed by atoms with E-state index in [2.05, 4.69) is 0 Å². The second-order valence-electron chi connectivity index (χ2n) is 3.96. The molecule has 0 bridgehead atoms. The Labute approximate surface area is 115 Å². The molecule has 2 aromatic rings. The molecule has 1 heterocycles. The highest BCUT2D eigenvalue weighted by Gasteiger charge is 2.17. The number of carbonyl (C=O) groups is 2. The van der Waals surface area contributed by atoms with Crippen molar-refractivity contribution in [1.29, 1.82) is 0 Å². The largest absolute Gasteiger partial charge is 0.496 e. The lowest BCUT2D eigenvalue weighted by atomic mass is 10.1. The minimum atomic E-state index is -1.12. The van der Waals surface area contributed by atoms with E-state index in [1.54, 1.807) is 24.3 Å². The summed E-state index contributed by atoms with van der Waals surface area (Å²) in [6, 6.07) is 6.33. The van der Waals surface area contributed by atoms with Crippen molar-refractivity contribution in [2.45, 2.75) is 0 Å². The fraction of sp³-hybridized carbons (Fsp3) is 0.143. The summed E-state index contributed by atoms with van der Waals surface area (Å²) in [4.78, 5) is 22.2. The summed E-state index contributed by atoms with van der Waals surface area (Å²) < 4.78 is 11.4. The maximum absolute atomic E-state index is 11.2. The molecular formula is C14H13NO5. The summed E-state index contributed by atoms with van der Waals surface area (Å²) in [5.41, 5.74) is 1.24. The number of ether oxygens (including phenoxy) is 2. The fourth-order valence-electron chi connectivity index (χ4n) is 1.98. The normalized spacial score (nSPS) is 10.1. The zero-order chi connectivity index (χ0) is 14.7. The van der Waals surface area contributed by atoms with E-state index in [4.69, 9.17) is 14.6 Å². The number of aromatic nitrogens is 1. The number of hydrogen-bond donors (Lipinski definition) is 1. The van der Waals surface area contributed by atoms with Gasteiger partial charge in [0.15, 0.2) is 6.29 Å². The number of carbonyl (C=O) groups excluding carboxylic acids is 1. The molecule has 6 nitrogen and oxygen atoms in total. The summed E-state index contributed by atoms with van der Waals surface area (Å²) in [6.07, 6.45) is 0.952. The predicted octanol–water partition coefficient (Wildman–Crippen LogP) is 2.51. The van der Waals surface area contributed by atoms with Gasteiger partial charge < -0.3 is 14.6 Å². The molecule has 0 spiro atoms. The molecule has 0 amide bonds. The lowest BCUT2D eigenvalue weighted by Gasteiger charge is -2.13. The van der Waals surface area contributed by atoms with Crippen LogP contribution in [0.25, 0.3) is 11.3 Å². The fourth-order valence-corrected chi connectivity index (χ4v) is 1.98. The first-order valence-corrected chi connectivity index (χ1v) is 5.74. The molecule has 0 aliphatic heterocycles. The van der Waals surface area contributed by atoms with Gasteiger partial charge in [0.05, 0.1) is 25.5 Å². The van der Waals surface area contributed by atoms with Gasteiger partial charge in [-0.2, -0.15) is 0 Å². The van der Waals surface area contributed by atoms with E-state index in [0.29, 0.717) is 34.6 Å². The number of benzene rings is 1. The molecule has 0 radical (unpaired) electrons. The van der Waals surface area contributed by atoms with Crippen LogP contribution in [0.4, 0.5) is 4.79 Å². The smallest absolute Gasteiger partial charge is 0.416 e. The van der Waals surface area contributed by atoms with Crippen molar-refractivity contribution in [2.24, 2.45) is 0 Å². The standard InChI is InChI=1S/C14H13NO5/c1-19-12-7-13(20-2)10(6-9(12)8-16)11-4-3-5-15(11)14(17)18/h3-8H,1-2H3,(H,17,18). The molecule has 0 atom stereocenters. The SMILES string of the molecule is COc1cc(OC)c(-c2cccn2C(=O)O)cc1C=O. The average molecular weight is 275 g/mol. The molecule has 0 fully saturated rings. The molecule has 2 rings (SSSR count). The van der Waals surface area contributed by atoms with Crippen LogP contribution in [-0.2, 0) is 0 Å². The summed E-state index contributed by atoms with van der Waals surface area (Å²) >= 11 is 0. The van der Waals surface area contributed by atoms with Crippen molar-refractivity contribution in [3.63, 3.8) is 0 Å². The Balaban J connectivity index is 2.69. The topological polar surface area (TPSA) is 77.8 Å². The molecule has 0 aliphatic carbocycles. The molecule has 0 unspecified atom stereocenters. The molecule has 20 heavy (non-hydrogen) atoms. The van der Waals surface area contributed by atoms with Crippen molar-refractivity contribution in [2.75, 3.05) is 14.2 Å². The minimum absolute atomic E-state index is 0.321. The Hall–Kier alpha value is -2.76. The van der Waals surface area contributed by atoms with E-state index in [1.807, 2.05) is 0 Å². The van der Waals surface area contributed by atoms with Crippen LogP contribution in [0.5, 0.6) is 11.5 Å². The van der Waals surface area contributed by atoms with Crippen molar-refractivity contribution >= 4 is 12.4 Å². The first-order valence-electron chi connectivity index (χ1n) is 5.74. The Morgan fingerprint density at radius 3 is 2.50 bits per heavy atom. The molecule has 1 aromatic carbocycles. The monoisotopic (exact) mass is 275 g/mol. The van der Waals surface area contributed by atoms with Gasteiger partial charge in [-0.05, 0) is 18.2 Å². The van der Waals surface area contributed by atoms with Crippen LogP contribution in [0, 0.1) is 0 Å². The van der Waals surface area contributed by atoms with Crippen LogP contribution < -0.4 is 9.47 Å². The highest BCUT2D eigenvalue weighted by atomic mass is 16.5. The van der Waals surface area contributed by atoms with Gasteiger partial charge in [0.2, 0.25) is 0 Å². The first kappa shape index (κ1) is 13.7. The maximum Gasteiger partial charge on any atom is 0.416 e. The zero-order valence-electron chi connectivity index (χ0n) is 11.0. The van der Waals surface area contributed by atoms with Crippen molar-refractivity contribution in [3.8, 4) is 22.8 Å². The zero-order valence-corrected chi connectivity index (χ0v) is 11.0. The minimum Gasteiger partial charge on any atom is -0.496 e. The van der Waals surface area contributed by atoms with Gasteiger partial charge in [0.1, 0.15) is 11.5 Å². The third-order valence-corrected chi connectivity index (χ3v) is 2.91. The molecule has 0 saturated heterocycles. The second kappa shape index (κ2) is 5.48.